The summed E-state index contributed by atoms with van der Waals surface area (Å²) in [7, 11) is 1.38. The molecule has 0 saturated carbocycles. The first-order valence-corrected chi connectivity index (χ1v) is 4.54. The van der Waals surface area contributed by atoms with Gasteiger partial charge in [-0.15, -0.1) is 0 Å². The Morgan fingerprint density at radius 2 is 2.19 bits per heavy atom. The SMILES string of the molecule is CN(CC(F)F)c1c(N)cccc1C(=O)O. The second-order valence-electron chi connectivity index (χ2n) is 3.32. The van der Waals surface area contributed by atoms with E-state index in [1.807, 2.05) is 0 Å². The Morgan fingerprint density at radius 1 is 1.56 bits per heavy atom. The molecule has 0 aliphatic rings. The van der Waals surface area contributed by atoms with Gasteiger partial charge in [0.05, 0.1) is 23.5 Å². The van der Waals surface area contributed by atoms with Crippen LogP contribution in [0.4, 0.5) is 20.2 Å². The number of hydrogen-bond donors (Lipinski definition) is 2. The summed E-state index contributed by atoms with van der Waals surface area (Å²) in [6.07, 6.45) is -2.55. The van der Waals surface area contributed by atoms with Gasteiger partial charge in [0.15, 0.2) is 0 Å². The van der Waals surface area contributed by atoms with E-state index in [2.05, 4.69) is 0 Å². The van der Waals surface area contributed by atoms with E-state index in [0.717, 1.165) is 4.90 Å². The lowest BCUT2D eigenvalue weighted by Crippen LogP contribution is -2.26. The molecule has 0 spiro atoms. The number of hydrogen-bond acceptors (Lipinski definition) is 3. The molecular formula is C10H12F2N2O2. The monoisotopic (exact) mass is 230 g/mol. The van der Waals surface area contributed by atoms with Gasteiger partial charge < -0.3 is 15.7 Å². The standard InChI is InChI=1S/C10H12F2N2O2/c1-14(5-8(11)12)9-6(10(15)16)3-2-4-7(9)13/h2-4,8H,5,13H2,1H3,(H,15,16). The van der Waals surface area contributed by atoms with E-state index in [0.29, 0.717) is 0 Å². The van der Waals surface area contributed by atoms with E-state index >= 15 is 0 Å². The van der Waals surface area contributed by atoms with Gasteiger partial charge in [-0.2, -0.15) is 0 Å². The Balaban J connectivity index is 3.14. The summed E-state index contributed by atoms with van der Waals surface area (Å²) < 4.78 is 24.4. The normalized spacial score (nSPS) is 10.5. The van der Waals surface area contributed by atoms with Crippen LogP contribution >= 0.6 is 0 Å². The van der Waals surface area contributed by atoms with E-state index in [1.165, 1.54) is 25.2 Å². The summed E-state index contributed by atoms with van der Waals surface area (Å²) in [6.45, 7) is -0.561. The first-order valence-electron chi connectivity index (χ1n) is 4.54. The van der Waals surface area contributed by atoms with Crippen molar-refractivity contribution in [3.63, 3.8) is 0 Å². The Morgan fingerprint density at radius 3 is 2.69 bits per heavy atom. The predicted molar refractivity (Wildman–Crippen MR) is 57.1 cm³/mol. The number of benzene rings is 1. The molecule has 0 aliphatic carbocycles. The molecule has 0 radical (unpaired) electrons. The molecule has 0 aliphatic heterocycles. The molecule has 88 valence electrons. The number of anilines is 2. The molecule has 6 heteroatoms. The lowest BCUT2D eigenvalue weighted by atomic mass is 10.1. The van der Waals surface area contributed by atoms with Crippen molar-refractivity contribution >= 4 is 17.3 Å². The van der Waals surface area contributed by atoms with Crippen molar-refractivity contribution < 1.29 is 18.7 Å². The Bertz CT molecular complexity index is 396. The van der Waals surface area contributed by atoms with E-state index in [1.54, 1.807) is 0 Å². The fraction of sp³-hybridized carbons (Fsp3) is 0.300. The summed E-state index contributed by atoms with van der Waals surface area (Å²) in [5.74, 6) is -1.19. The number of carbonyl (C=O) groups is 1. The molecule has 0 saturated heterocycles. The molecule has 0 bridgehead atoms. The zero-order valence-electron chi connectivity index (χ0n) is 8.65. The lowest BCUT2D eigenvalue weighted by Gasteiger charge is -2.22. The third-order valence-corrected chi connectivity index (χ3v) is 2.09. The van der Waals surface area contributed by atoms with Crippen LogP contribution in [0, 0.1) is 0 Å². The zero-order valence-corrected chi connectivity index (χ0v) is 8.65. The molecule has 1 rings (SSSR count). The van der Waals surface area contributed by atoms with Gasteiger partial charge in [-0.3, -0.25) is 0 Å². The van der Waals surface area contributed by atoms with Crippen LogP contribution in [0.25, 0.3) is 0 Å². The number of para-hydroxylation sites is 1. The topological polar surface area (TPSA) is 66.6 Å². The second-order valence-corrected chi connectivity index (χ2v) is 3.32. The fourth-order valence-electron chi connectivity index (χ4n) is 1.46. The van der Waals surface area contributed by atoms with Gasteiger partial charge in [0.1, 0.15) is 0 Å². The van der Waals surface area contributed by atoms with Crippen LogP contribution in [-0.4, -0.2) is 31.1 Å². The summed E-state index contributed by atoms with van der Waals surface area (Å²) in [5, 5.41) is 8.90. The molecule has 1 aromatic carbocycles. The fourth-order valence-corrected chi connectivity index (χ4v) is 1.46. The van der Waals surface area contributed by atoms with Gasteiger partial charge in [-0.25, -0.2) is 13.6 Å². The van der Waals surface area contributed by atoms with Crippen LogP contribution in [0.1, 0.15) is 10.4 Å². The van der Waals surface area contributed by atoms with Crippen molar-refractivity contribution in [2.75, 3.05) is 24.2 Å². The second kappa shape index (κ2) is 4.78. The number of aromatic carboxylic acids is 1. The highest BCUT2D eigenvalue weighted by molar-refractivity contribution is 5.97. The Hall–Kier alpha value is -1.85. The number of halogens is 2. The number of carboxylic acid groups (broad SMARTS) is 1. The van der Waals surface area contributed by atoms with Crippen LogP contribution in [0.5, 0.6) is 0 Å². The van der Waals surface area contributed by atoms with Crippen LogP contribution in [0.3, 0.4) is 0 Å². The van der Waals surface area contributed by atoms with E-state index in [4.69, 9.17) is 10.8 Å². The van der Waals surface area contributed by atoms with Crippen molar-refractivity contribution in [1.82, 2.24) is 0 Å². The van der Waals surface area contributed by atoms with Gasteiger partial charge >= 0.3 is 5.97 Å². The molecule has 4 nitrogen and oxygen atoms in total. The number of alkyl halides is 2. The summed E-state index contributed by atoms with van der Waals surface area (Å²) >= 11 is 0. The molecular weight excluding hydrogens is 218 g/mol. The highest BCUT2D eigenvalue weighted by Crippen LogP contribution is 2.27. The van der Waals surface area contributed by atoms with Gasteiger partial charge in [0, 0.05) is 7.05 Å². The van der Waals surface area contributed by atoms with Gasteiger partial charge in [-0.05, 0) is 12.1 Å². The maximum absolute atomic E-state index is 12.2. The van der Waals surface area contributed by atoms with Crippen LogP contribution in [0.2, 0.25) is 0 Å². The van der Waals surface area contributed by atoms with Crippen LogP contribution < -0.4 is 10.6 Å². The molecule has 1 aromatic rings. The quantitative estimate of drug-likeness (QED) is 0.772. The predicted octanol–water partition coefficient (Wildman–Crippen LogP) is 1.67. The average Bonchev–Trinajstić information content (AvgIpc) is 2.15. The zero-order chi connectivity index (χ0) is 12.3. The molecule has 0 heterocycles. The third-order valence-electron chi connectivity index (χ3n) is 2.09. The molecule has 0 fully saturated rings. The number of nitrogens with two attached hydrogens (primary N) is 1. The van der Waals surface area contributed by atoms with Crippen LogP contribution in [0.15, 0.2) is 18.2 Å². The van der Waals surface area contributed by atoms with E-state index in [-0.39, 0.29) is 16.9 Å². The first-order chi connectivity index (χ1) is 7.43. The van der Waals surface area contributed by atoms with Crippen molar-refractivity contribution in [3.05, 3.63) is 23.8 Å². The molecule has 0 aromatic heterocycles. The molecule has 0 amide bonds. The van der Waals surface area contributed by atoms with Gasteiger partial charge in [0.25, 0.3) is 6.43 Å². The summed E-state index contributed by atoms with van der Waals surface area (Å²) in [6, 6.07) is 4.28. The van der Waals surface area contributed by atoms with Gasteiger partial charge in [0.2, 0.25) is 0 Å². The van der Waals surface area contributed by atoms with Crippen LogP contribution in [-0.2, 0) is 0 Å². The van der Waals surface area contributed by atoms with E-state index in [9.17, 15) is 13.6 Å². The summed E-state index contributed by atoms with van der Waals surface area (Å²) in [4.78, 5) is 12.0. The van der Waals surface area contributed by atoms with Gasteiger partial charge in [-0.1, -0.05) is 6.07 Å². The number of nitrogen functional groups attached to an aromatic ring is 1. The average molecular weight is 230 g/mol. The minimum Gasteiger partial charge on any atom is -0.478 e. The molecule has 0 atom stereocenters. The maximum atomic E-state index is 12.2. The molecule has 0 unspecified atom stereocenters. The number of nitrogens with zero attached hydrogens (tertiary/aromatic N) is 1. The first kappa shape index (κ1) is 12.2. The number of carboxylic acids is 1. The lowest BCUT2D eigenvalue weighted by molar-refractivity contribution is 0.0697. The summed E-state index contributed by atoms with van der Waals surface area (Å²) in [5.41, 5.74) is 5.80. The van der Waals surface area contributed by atoms with Crippen molar-refractivity contribution in [2.45, 2.75) is 6.43 Å². The largest absolute Gasteiger partial charge is 0.478 e. The molecule has 16 heavy (non-hydrogen) atoms. The highest BCUT2D eigenvalue weighted by Gasteiger charge is 2.18. The highest BCUT2D eigenvalue weighted by atomic mass is 19.3. The Kier molecular flexibility index (Phi) is 3.65. The van der Waals surface area contributed by atoms with E-state index < -0.39 is 18.9 Å². The third kappa shape index (κ3) is 2.59. The van der Waals surface area contributed by atoms with Crippen molar-refractivity contribution in [3.8, 4) is 0 Å². The van der Waals surface area contributed by atoms with Crippen molar-refractivity contribution in [2.24, 2.45) is 0 Å². The minimum absolute atomic E-state index is 0.0804. The molecule has 3 N–H and O–H groups in total. The van der Waals surface area contributed by atoms with Crippen molar-refractivity contribution in [1.29, 1.82) is 0 Å². The Labute approximate surface area is 91.3 Å². The minimum atomic E-state index is -2.55. The maximum Gasteiger partial charge on any atom is 0.337 e. The smallest absolute Gasteiger partial charge is 0.337 e. The number of rotatable bonds is 4.